The van der Waals surface area contributed by atoms with Gasteiger partial charge in [-0.1, -0.05) is 13.8 Å². The molecule has 2 rings (SSSR count). The van der Waals surface area contributed by atoms with E-state index in [1.807, 2.05) is 23.9 Å². The fraction of sp³-hybridized carbons (Fsp3) is 0.500. The first kappa shape index (κ1) is 14.1. The topological polar surface area (TPSA) is 72.3 Å². The minimum atomic E-state index is -0.418. The Morgan fingerprint density at radius 2 is 2.11 bits per heavy atom. The summed E-state index contributed by atoms with van der Waals surface area (Å²) in [5.74, 6) is 0.633. The van der Waals surface area contributed by atoms with Gasteiger partial charge < -0.3 is 16.4 Å². The molecule has 4 nitrogen and oxygen atoms in total. The standard InChI is InChI=1S/C14H21N3OS/c1-14(2)5-6-17(7-8-19-14)12-4-3-10(15)9-11(12)13(16)18/h3-4,9H,5-8,15H2,1-2H3,(H2,16,18). The third-order valence-electron chi connectivity index (χ3n) is 3.46. The maximum atomic E-state index is 11.6. The van der Waals surface area contributed by atoms with Gasteiger partial charge in [0.1, 0.15) is 0 Å². The third kappa shape index (κ3) is 3.35. The molecule has 1 aliphatic heterocycles. The van der Waals surface area contributed by atoms with Crippen LogP contribution in [0, 0.1) is 0 Å². The number of carbonyl (C=O) groups excluding carboxylic acids is 1. The lowest BCUT2D eigenvalue weighted by molar-refractivity contribution is 0.100. The molecule has 1 aromatic rings. The van der Waals surface area contributed by atoms with Crippen molar-refractivity contribution in [1.29, 1.82) is 0 Å². The maximum Gasteiger partial charge on any atom is 0.250 e. The average Bonchev–Trinajstić information content (AvgIpc) is 2.50. The van der Waals surface area contributed by atoms with E-state index in [1.165, 1.54) is 0 Å². The number of thioether (sulfide) groups is 1. The molecule has 5 heteroatoms. The second kappa shape index (κ2) is 5.33. The SMILES string of the molecule is CC1(C)CCN(c2ccc(N)cc2C(N)=O)CCS1. The molecule has 1 aliphatic rings. The van der Waals surface area contributed by atoms with Gasteiger partial charge in [0, 0.05) is 35.0 Å². The summed E-state index contributed by atoms with van der Waals surface area (Å²) >= 11 is 1.97. The molecule has 0 aromatic heterocycles. The number of nitrogens with two attached hydrogens (primary N) is 2. The number of anilines is 2. The summed E-state index contributed by atoms with van der Waals surface area (Å²) in [4.78, 5) is 13.8. The van der Waals surface area contributed by atoms with Crippen LogP contribution in [-0.2, 0) is 0 Å². The van der Waals surface area contributed by atoms with Crippen LogP contribution in [0.5, 0.6) is 0 Å². The van der Waals surface area contributed by atoms with Crippen molar-refractivity contribution in [3.8, 4) is 0 Å². The van der Waals surface area contributed by atoms with Crippen molar-refractivity contribution in [3.05, 3.63) is 23.8 Å². The van der Waals surface area contributed by atoms with E-state index >= 15 is 0 Å². The number of carbonyl (C=O) groups is 1. The van der Waals surface area contributed by atoms with Gasteiger partial charge in [-0.3, -0.25) is 4.79 Å². The second-order valence-electron chi connectivity index (χ2n) is 5.49. The first-order valence-corrected chi connectivity index (χ1v) is 7.46. The summed E-state index contributed by atoms with van der Waals surface area (Å²) in [5.41, 5.74) is 13.2. The number of benzene rings is 1. The van der Waals surface area contributed by atoms with Crippen LogP contribution in [0.3, 0.4) is 0 Å². The van der Waals surface area contributed by atoms with E-state index in [0.29, 0.717) is 11.3 Å². The minimum absolute atomic E-state index is 0.287. The molecule has 0 aliphatic carbocycles. The minimum Gasteiger partial charge on any atom is -0.399 e. The van der Waals surface area contributed by atoms with Gasteiger partial charge in [0.25, 0.3) is 5.91 Å². The molecular formula is C14H21N3OS. The van der Waals surface area contributed by atoms with Crippen LogP contribution >= 0.6 is 11.8 Å². The number of hydrogen-bond donors (Lipinski definition) is 2. The van der Waals surface area contributed by atoms with Crippen molar-refractivity contribution in [3.63, 3.8) is 0 Å². The van der Waals surface area contributed by atoms with Gasteiger partial charge in [0.05, 0.1) is 5.56 Å². The number of rotatable bonds is 2. The molecule has 0 atom stereocenters. The molecule has 1 heterocycles. The number of nitrogen functional groups attached to an aromatic ring is 1. The van der Waals surface area contributed by atoms with Crippen LogP contribution in [0.25, 0.3) is 0 Å². The molecule has 0 spiro atoms. The van der Waals surface area contributed by atoms with Gasteiger partial charge in [-0.15, -0.1) is 0 Å². The van der Waals surface area contributed by atoms with Crippen LogP contribution in [0.2, 0.25) is 0 Å². The predicted octanol–water partition coefficient (Wildman–Crippen LogP) is 2.09. The molecular weight excluding hydrogens is 258 g/mol. The van der Waals surface area contributed by atoms with Crippen molar-refractivity contribution in [2.45, 2.75) is 25.0 Å². The molecule has 1 fully saturated rings. The Hall–Kier alpha value is -1.36. The zero-order valence-corrected chi connectivity index (χ0v) is 12.3. The van der Waals surface area contributed by atoms with Crippen molar-refractivity contribution in [2.75, 3.05) is 29.5 Å². The molecule has 19 heavy (non-hydrogen) atoms. The summed E-state index contributed by atoms with van der Waals surface area (Å²) in [6.45, 7) is 6.39. The monoisotopic (exact) mass is 279 g/mol. The summed E-state index contributed by atoms with van der Waals surface area (Å²) in [6, 6.07) is 5.39. The van der Waals surface area contributed by atoms with E-state index in [9.17, 15) is 4.79 Å². The summed E-state index contributed by atoms with van der Waals surface area (Å²) < 4.78 is 0.287. The summed E-state index contributed by atoms with van der Waals surface area (Å²) in [6.07, 6.45) is 1.08. The Morgan fingerprint density at radius 3 is 2.79 bits per heavy atom. The van der Waals surface area contributed by atoms with Crippen LogP contribution in [0.15, 0.2) is 18.2 Å². The summed E-state index contributed by atoms with van der Waals surface area (Å²) in [5, 5.41) is 0. The quantitative estimate of drug-likeness (QED) is 0.813. The van der Waals surface area contributed by atoms with Crippen molar-refractivity contribution < 1.29 is 4.79 Å². The first-order valence-electron chi connectivity index (χ1n) is 6.47. The van der Waals surface area contributed by atoms with Gasteiger partial charge in [0.2, 0.25) is 0 Å². The van der Waals surface area contributed by atoms with E-state index in [-0.39, 0.29) is 4.75 Å². The molecule has 1 aromatic carbocycles. The van der Waals surface area contributed by atoms with Crippen LogP contribution in [0.4, 0.5) is 11.4 Å². The van der Waals surface area contributed by atoms with Gasteiger partial charge in [-0.25, -0.2) is 0 Å². The zero-order chi connectivity index (χ0) is 14.0. The molecule has 0 unspecified atom stereocenters. The second-order valence-corrected chi connectivity index (χ2v) is 7.29. The molecule has 1 amide bonds. The Balaban J connectivity index is 2.29. The van der Waals surface area contributed by atoms with Crippen LogP contribution in [0.1, 0.15) is 30.6 Å². The Kier molecular flexibility index (Phi) is 3.94. The van der Waals surface area contributed by atoms with Gasteiger partial charge in [-0.2, -0.15) is 11.8 Å². The number of hydrogen-bond acceptors (Lipinski definition) is 4. The lowest BCUT2D eigenvalue weighted by Gasteiger charge is -2.25. The highest BCUT2D eigenvalue weighted by molar-refractivity contribution is 8.00. The first-order chi connectivity index (χ1) is 8.89. The normalized spacial score (nSPS) is 18.9. The van der Waals surface area contributed by atoms with E-state index in [2.05, 4.69) is 18.7 Å². The largest absolute Gasteiger partial charge is 0.399 e. The van der Waals surface area contributed by atoms with Crippen molar-refractivity contribution in [2.24, 2.45) is 5.73 Å². The smallest absolute Gasteiger partial charge is 0.250 e. The molecule has 0 bridgehead atoms. The van der Waals surface area contributed by atoms with E-state index < -0.39 is 5.91 Å². The lowest BCUT2D eigenvalue weighted by atomic mass is 10.1. The van der Waals surface area contributed by atoms with E-state index in [0.717, 1.165) is 31.0 Å². The highest BCUT2D eigenvalue weighted by atomic mass is 32.2. The maximum absolute atomic E-state index is 11.6. The zero-order valence-electron chi connectivity index (χ0n) is 11.5. The summed E-state index contributed by atoms with van der Waals surface area (Å²) in [7, 11) is 0. The van der Waals surface area contributed by atoms with Crippen LogP contribution < -0.4 is 16.4 Å². The lowest BCUT2D eigenvalue weighted by Crippen LogP contribution is -2.29. The molecule has 104 valence electrons. The van der Waals surface area contributed by atoms with E-state index in [4.69, 9.17) is 11.5 Å². The highest BCUT2D eigenvalue weighted by Gasteiger charge is 2.25. The predicted molar refractivity (Wildman–Crippen MR) is 82.7 cm³/mol. The molecule has 0 radical (unpaired) electrons. The molecule has 1 saturated heterocycles. The Bertz CT molecular complexity index is 488. The average molecular weight is 279 g/mol. The number of amides is 1. The Morgan fingerprint density at radius 1 is 1.37 bits per heavy atom. The fourth-order valence-electron chi connectivity index (χ4n) is 2.29. The van der Waals surface area contributed by atoms with Gasteiger partial charge in [-0.05, 0) is 24.6 Å². The fourth-order valence-corrected chi connectivity index (χ4v) is 3.39. The number of primary amides is 1. The van der Waals surface area contributed by atoms with Crippen LogP contribution in [-0.4, -0.2) is 29.5 Å². The van der Waals surface area contributed by atoms with E-state index in [1.54, 1.807) is 6.07 Å². The van der Waals surface area contributed by atoms with Crippen molar-refractivity contribution in [1.82, 2.24) is 0 Å². The molecule has 0 saturated carbocycles. The van der Waals surface area contributed by atoms with Crippen molar-refractivity contribution >= 4 is 29.0 Å². The van der Waals surface area contributed by atoms with Gasteiger partial charge in [0.15, 0.2) is 0 Å². The number of nitrogens with zero attached hydrogens (tertiary/aromatic N) is 1. The third-order valence-corrected chi connectivity index (χ3v) is 4.84. The highest BCUT2D eigenvalue weighted by Crippen LogP contribution is 2.33. The Labute approximate surface area is 118 Å². The molecule has 4 N–H and O–H groups in total. The van der Waals surface area contributed by atoms with Gasteiger partial charge >= 0.3 is 0 Å².